The standard InChI is InChI=1S/C35H34BrClN2O7S/c1-7-44-34(41)30-20(4)38-35-39(31(30)22-10-13-26(46-19(2)3)27(15-22)42-5)33(40)29(47-35)16-23-14-24(36)17-28(43-6)32(23)45-18-21-8-11-25(37)12-9-21/h8-17,19,31H,7,18H2,1-6H3/b29-16+/t31-/m0/s1. The molecule has 9 nitrogen and oxygen atoms in total. The molecule has 0 bridgehead atoms. The highest BCUT2D eigenvalue weighted by Gasteiger charge is 2.34. The quantitative estimate of drug-likeness (QED) is 0.160. The van der Waals surface area contributed by atoms with Crippen LogP contribution in [0.2, 0.25) is 5.02 Å². The summed E-state index contributed by atoms with van der Waals surface area (Å²) in [6.07, 6.45) is 1.66. The topological polar surface area (TPSA) is 97.6 Å². The number of aromatic nitrogens is 1. The summed E-state index contributed by atoms with van der Waals surface area (Å²) in [6, 6.07) is 15.5. The molecule has 0 amide bonds. The van der Waals surface area contributed by atoms with E-state index in [1.165, 1.54) is 15.9 Å². The number of esters is 1. The second-order valence-electron chi connectivity index (χ2n) is 10.8. The first-order valence-electron chi connectivity index (χ1n) is 14.8. The van der Waals surface area contributed by atoms with Gasteiger partial charge in [0.1, 0.15) is 6.61 Å². The number of fused-ring (bicyclic) bond motifs is 1. The van der Waals surface area contributed by atoms with Gasteiger partial charge in [-0.3, -0.25) is 9.36 Å². The average molecular weight is 742 g/mol. The molecule has 47 heavy (non-hydrogen) atoms. The third kappa shape index (κ3) is 7.42. The monoisotopic (exact) mass is 740 g/mol. The van der Waals surface area contributed by atoms with Crippen LogP contribution in [0.3, 0.4) is 0 Å². The summed E-state index contributed by atoms with van der Waals surface area (Å²) in [5, 5.41) is 0.629. The number of hydrogen-bond donors (Lipinski definition) is 0. The van der Waals surface area contributed by atoms with Crippen LogP contribution in [-0.2, 0) is 16.1 Å². The number of halogens is 2. The molecular weight excluding hydrogens is 708 g/mol. The number of methoxy groups -OCH3 is 2. The van der Waals surface area contributed by atoms with Crippen molar-refractivity contribution in [2.45, 2.75) is 46.4 Å². The molecule has 0 fully saturated rings. The van der Waals surface area contributed by atoms with Gasteiger partial charge in [0, 0.05) is 15.1 Å². The Morgan fingerprint density at radius 3 is 2.45 bits per heavy atom. The van der Waals surface area contributed by atoms with Gasteiger partial charge in [-0.2, -0.15) is 0 Å². The number of hydrogen-bond acceptors (Lipinski definition) is 9. The Kier molecular flexibility index (Phi) is 10.8. The van der Waals surface area contributed by atoms with Crippen LogP contribution in [0.4, 0.5) is 0 Å². The normalized spacial score (nSPS) is 14.5. The van der Waals surface area contributed by atoms with Crippen LogP contribution in [0.5, 0.6) is 23.0 Å². The number of allylic oxidation sites excluding steroid dienone is 1. The van der Waals surface area contributed by atoms with E-state index in [1.807, 2.05) is 38.1 Å². The summed E-state index contributed by atoms with van der Waals surface area (Å²) in [7, 11) is 3.10. The van der Waals surface area contributed by atoms with Crippen molar-refractivity contribution < 1.29 is 28.5 Å². The number of nitrogens with zero attached hydrogens (tertiary/aromatic N) is 2. The van der Waals surface area contributed by atoms with E-state index >= 15 is 0 Å². The highest BCUT2D eigenvalue weighted by Crippen LogP contribution is 2.38. The molecule has 4 aromatic rings. The van der Waals surface area contributed by atoms with Gasteiger partial charge < -0.3 is 23.7 Å². The Bertz CT molecular complexity index is 2020. The maximum Gasteiger partial charge on any atom is 0.338 e. The van der Waals surface area contributed by atoms with E-state index < -0.39 is 12.0 Å². The summed E-state index contributed by atoms with van der Waals surface area (Å²) in [4.78, 5) is 32.8. The van der Waals surface area contributed by atoms with Crippen molar-refractivity contribution in [2.75, 3.05) is 20.8 Å². The van der Waals surface area contributed by atoms with Crippen LogP contribution >= 0.6 is 38.9 Å². The van der Waals surface area contributed by atoms with Crippen molar-refractivity contribution in [3.05, 3.63) is 112 Å². The molecule has 0 saturated carbocycles. The Labute approximate surface area is 289 Å². The van der Waals surface area contributed by atoms with Crippen LogP contribution in [0.1, 0.15) is 50.4 Å². The molecule has 5 rings (SSSR count). The van der Waals surface area contributed by atoms with Crippen molar-refractivity contribution >= 4 is 50.9 Å². The molecule has 0 N–H and O–H groups in total. The highest BCUT2D eigenvalue weighted by molar-refractivity contribution is 9.10. The fraction of sp³-hybridized carbons (Fsp3) is 0.286. The van der Waals surface area contributed by atoms with Gasteiger partial charge in [0.25, 0.3) is 5.56 Å². The fourth-order valence-electron chi connectivity index (χ4n) is 5.19. The van der Waals surface area contributed by atoms with Crippen molar-refractivity contribution in [1.82, 2.24) is 4.57 Å². The number of rotatable bonds is 11. The lowest BCUT2D eigenvalue weighted by Crippen LogP contribution is -2.40. The summed E-state index contributed by atoms with van der Waals surface area (Å²) >= 11 is 10.8. The molecular formula is C35H34BrClN2O7S. The molecule has 1 aromatic heterocycles. The Morgan fingerprint density at radius 1 is 1.06 bits per heavy atom. The number of benzene rings is 3. The summed E-state index contributed by atoms with van der Waals surface area (Å²) in [5.41, 5.74) is 2.55. The SMILES string of the molecule is CCOC(=O)C1=C(C)N=c2s/c(=C/c3cc(Br)cc(OC)c3OCc3ccc(Cl)cc3)c(=O)n2[C@H]1c1ccc(OC(C)C)c(OC)c1. The van der Waals surface area contributed by atoms with E-state index in [4.69, 9.17) is 40.3 Å². The minimum Gasteiger partial charge on any atom is -0.493 e. The average Bonchev–Trinajstić information content (AvgIpc) is 3.34. The van der Waals surface area contributed by atoms with Crippen LogP contribution in [-0.4, -0.2) is 37.5 Å². The molecule has 12 heteroatoms. The predicted molar refractivity (Wildman–Crippen MR) is 186 cm³/mol. The minimum absolute atomic E-state index is 0.0821. The lowest BCUT2D eigenvalue weighted by molar-refractivity contribution is -0.139. The number of carbonyl (C=O) groups is 1. The molecule has 0 aliphatic carbocycles. The molecule has 0 spiro atoms. The second-order valence-corrected chi connectivity index (χ2v) is 13.2. The van der Waals surface area contributed by atoms with Gasteiger partial charge in [0.05, 0.1) is 48.8 Å². The van der Waals surface area contributed by atoms with Crippen LogP contribution in [0.25, 0.3) is 6.08 Å². The fourth-order valence-corrected chi connectivity index (χ4v) is 6.81. The largest absolute Gasteiger partial charge is 0.493 e. The zero-order chi connectivity index (χ0) is 33.8. The van der Waals surface area contributed by atoms with Crippen LogP contribution in [0.15, 0.2) is 80.1 Å². The van der Waals surface area contributed by atoms with E-state index in [2.05, 4.69) is 15.9 Å². The van der Waals surface area contributed by atoms with E-state index in [0.717, 1.165) is 10.0 Å². The van der Waals surface area contributed by atoms with Crippen molar-refractivity contribution in [3.8, 4) is 23.0 Å². The van der Waals surface area contributed by atoms with Gasteiger partial charge in [-0.1, -0.05) is 57.1 Å². The summed E-state index contributed by atoms with van der Waals surface area (Å²) in [5.74, 6) is 1.42. The molecule has 1 aliphatic heterocycles. The molecule has 3 aromatic carbocycles. The van der Waals surface area contributed by atoms with Gasteiger partial charge in [0.15, 0.2) is 27.8 Å². The molecule has 1 atom stereocenters. The molecule has 0 radical (unpaired) electrons. The summed E-state index contributed by atoms with van der Waals surface area (Å²) < 4.78 is 31.6. The van der Waals surface area contributed by atoms with Crippen LogP contribution in [0, 0.1) is 0 Å². The summed E-state index contributed by atoms with van der Waals surface area (Å²) in [6.45, 7) is 7.73. The molecule has 2 heterocycles. The van der Waals surface area contributed by atoms with Gasteiger partial charge in [-0.15, -0.1) is 0 Å². The third-order valence-electron chi connectivity index (χ3n) is 7.23. The van der Waals surface area contributed by atoms with Crippen molar-refractivity contribution in [1.29, 1.82) is 0 Å². The Balaban J connectivity index is 1.67. The molecule has 246 valence electrons. The van der Waals surface area contributed by atoms with Gasteiger partial charge >= 0.3 is 5.97 Å². The number of ether oxygens (including phenoxy) is 5. The van der Waals surface area contributed by atoms with E-state index in [-0.39, 0.29) is 30.5 Å². The smallest absolute Gasteiger partial charge is 0.338 e. The first kappa shape index (κ1) is 34.3. The lowest BCUT2D eigenvalue weighted by Gasteiger charge is -2.25. The predicted octanol–water partition coefficient (Wildman–Crippen LogP) is 6.60. The van der Waals surface area contributed by atoms with E-state index in [0.29, 0.717) is 54.2 Å². The van der Waals surface area contributed by atoms with Crippen molar-refractivity contribution in [2.24, 2.45) is 4.99 Å². The highest BCUT2D eigenvalue weighted by atomic mass is 79.9. The second kappa shape index (κ2) is 14.8. The van der Waals surface area contributed by atoms with Crippen molar-refractivity contribution in [3.63, 3.8) is 0 Å². The minimum atomic E-state index is -0.827. The number of carbonyl (C=O) groups excluding carboxylic acids is 1. The first-order chi connectivity index (χ1) is 22.5. The Morgan fingerprint density at radius 2 is 1.79 bits per heavy atom. The lowest BCUT2D eigenvalue weighted by atomic mass is 9.95. The first-order valence-corrected chi connectivity index (χ1v) is 16.8. The van der Waals surface area contributed by atoms with Crippen LogP contribution < -0.4 is 33.8 Å². The van der Waals surface area contributed by atoms with E-state index in [9.17, 15) is 9.59 Å². The van der Waals surface area contributed by atoms with Gasteiger partial charge in [-0.25, -0.2) is 9.79 Å². The van der Waals surface area contributed by atoms with Gasteiger partial charge in [-0.05, 0) is 81.3 Å². The van der Waals surface area contributed by atoms with E-state index in [1.54, 1.807) is 64.5 Å². The molecule has 1 aliphatic rings. The number of thiazole rings is 1. The zero-order valence-corrected chi connectivity index (χ0v) is 29.9. The maximum atomic E-state index is 14.3. The maximum absolute atomic E-state index is 14.3. The zero-order valence-electron chi connectivity index (χ0n) is 26.8. The Hall–Kier alpha value is -4.06. The third-order valence-corrected chi connectivity index (χ3v) is 8.93. The molecule has 0 saturated heterocycles. The van der Waals surface area contributed by atoms with Gasteiger partial charge in [0.2, 0.25) is 0 Å². The molecule has 0 unspecified atom stereocenters.